The van der Waals surface area contributed by atoms with Crippen molar-refractivity contribution in [2.24, 2.45) is 0 Å². The summed E-state index contributed by atoms with van der Waals surface area (Å²) in [4.78, 5) is 21.9. The molecule has 0 bridgehead atoms. The zero-order chi connectivity index (χ0) is 20.2. The van der Waals surface area contributed by atoms with E-state index < -0.39 is 5.25 Å². The number of nitrogens with zero attached hydrogens (tertiary/aromatic N) is 2. The second-order valence-corrected chi connectivity index (χ2v) is 8.22. The zero-order valence-electron chi connectivity index (χ0n) is 15.0. The molecule has 0 aliphatic heterocycles. The molecule has 1 atom stereocenters. The number of nitrogens with one attached hydrogen (secondary N) is 1. The standard InChI is InChI=1S/C22H15Cl2N3OS/c23-15-10-16(24)12-17(11-15)27-21(28)20(14-6-2-1-3-7-14)29-22-18-8-4-5-9-19(18)25-13-26-22/h1-13,20H,(H,27,28). The van der Waals surface area contributed by atoms with E-state index in [4.69, 9.17) is 23.2 Å². The molecule has 1 unspecified atom stereocenters. The summed E-state index contributed by atoms with van der Waals surface area (Å²) >= 11 is 13.5. The molecule has 1 amide bonds. The third-order valence-corrected chi connectivity index (χ3v) is 5.91. The Morgan fingerprint density at radius 2 is 1.59 bits per heavy atom. The van der Waals surface area contributed by atoms with Crippen LogP contribution in [0, 0.1) is 0 Å². The third kappa shape index (κ3) is 4.70. The van der Waals surface area contributed by atoms with Gasteiger partial charge in [0.1, 0.15) is 16.6 Å². The highest BCUT2D eigenvalue weighted by molar-refractivity contribution is 8.00. The molecule has 0 saturated heterocycles. The molecule has 29 heavy (non-hydrogen) atoms. The van der Waals surface area contributed by atoms with Crippen molar-refractivity contribution in [1.29, 1.82) is 0 Å². The maximum absolute atomic E-state index is 13.2. The molecule has 7 heteroatoms. The van der Waals surface area contributed by atoms with Crippen LogP contribution in [-0.4, -0.2) is 15.9 Å². The van der Waals surface area contributed by atoms with Crippen LogP contribution in [-0.2, 0) is 4.79 Å². The van der Waals surface area contributed by atoms with Crippen LogP contribution < -0.4 is 5.32 Å². The second-order valence-electron chi connectivity index (χ2n) is 6.25. The van der Waals surface area contributed by atoms with Gasteiger partial charge >= 0.3 is 0 Å². The molecule has 4 nitrogen and oxygen atoms in total. The van der Waals surface area contributed by atoms with E-state index in [-0.39, 0.29) is 5.91 Å². The molecular weight excluding hydrogens is 425 g/mol. The minimum absolute atomic E-state index is 0.192. The quantitative estimate of drug-likeness (QED) is 0.288. The fourth-order valence-electron chi connectivity index (χ4n) is 2.92. The van der Waals surface area contributed by atoms with Crippen molar-refractivity contribution in [2.45, 2.75) is 10.3 Å². The highest BCUT2D eigenvalue weighted by Crippen LogP contribution is 2.38. The average Bonchev–Trinajstić information content (AvgIpc) is 2.72. The Hall–Kier alpha value is -2.60. The number of halogens is 2. The lowest BCUT2D eigenvalue weighted by Gasteiger charge is -2.17. The van der Waals surface area contributed by atoms with Crippen LogP contribution >= 0.6 is 35.0 Å². The van der Waals surface area contributed by atoms with E-state index in [0.29, 0.717) is 15.7 Å². The van der Waals surface area contributed by atoms with Gasteiger partial charge in [-0.05, 0) is 29.8 Å². The molecule has 1 N–H and O–H groups in total. The molecule has 144 valence electrons. The van der Waals surface area contributed by atoms with Crippen molar-refractivity contribution in [3.8, 4) is 0 Å². The molecule has 4 aromatic rings. The number of anilines is 1. The summed E-state index contributed by atoms with van der Waals surface area (Å²) in [6.07, 6.45) is 1.52. The van der Waals surface area contributed by atoms with Crippen molar-refractivity contribution in [1.82, 2.24) is 9.97 Å². The second kappa shape index (κ2) is 8.82. The van der Waals surface area contributed by atoms with E-state index in [1.807, 2.05) is 54.6 Å². The summed E-state index contributed by atoms with van der Waals surface area (Å²) in [7, 11) is 0. The summed E-state index contributed by atoms with van der Waals surface area (Å²) in [5.74, 6) is -0.192. The van der Waals surface area contributed by atoms with Crippen LogP contribution in [0.3, 0.4) is 0 Å². The first-order chi connectivity index (χ1) is 14.1. The highest BCUT2D eigenvalue weighted by atomic mass is 35.5. The molecule has 0 aliphatic carbocycles. The van der Waals surface area contributed by atoms with Gasteiger partial charge in [-0.2, -0.15) is 0 Å². The van der Waals surface area contributed by atoms with Gasteiger partial charge in [0, 0.05) is 21.1 Å². The van der Waals surface area contributed by atoms with Crippen molar-refractivity contribution < 1.29 is 4.79 Å². The number of thioether (sulfide) groups is 1. The largest absolute Gasteiger partial charge is 0.325 e. The topological polar surface area (TPSA) is 54.9 Å². The molecule has 0 spiro atoms. The van der Waals surface area contributed by atoms with Crippen LogP contribution in [0.25, 0.3) is 10.9 Å². The van der Waals surface area contributed by atoms with Gasteiger partial charge in [-0.3, -0.25) is 4.79 Å². The maximum Gasteiger partial charge on any atom is 0.242 e. The molecule has 0 aliphatic rings. The van der Waals surface area contributed by atoms with Crippen molar-refractivity contribution in [3.05, 3.63) is 94.7 Å². The van der Waals surface area contributed by atoms with Crippen LogP contribution in [0.5, 0.6) is 0 Å². The summed E-state index contributed by atoms with van der Waals surface area (Å²) in [6.45, 7) is 0. The van der Waals surface area contributed by atoms with Crippen molar-refractivity contribution >= 4 is 57.5 Å². The summed E-state index contributed by atoms with van der Waals surface area (Å²) in [5, 5.41) is 4.95. The number of amides is 1. The van der Waals surface area contributed by atoms with Crippen molar-refractivity contribution in [3.63, 3.8) is 0 Å². The first kappa shape index (κ1) is 19.7. The smallest absolute Gasteiger partial charge is 0.242 e. The van der Waals surface area contributed by atoms with Crippen LogP contribution in [0.1, 0.15) is 10.8 Å². The first-order valence-corrected chi connectivity index (χ1v) is 10.4. The van der Waals surface area contributed by atoms with Gasteiger partial charge in [-0.15, -0.1) is 0 Å². The minimum atomic E-state index is -0.521. The molecule has 0 fully saturated rings. The monoisotopic (exact) mass is 439 g/mol. The summed E-state index contributed by atoms with van der Waals surface area (Å²) < 4.78 is 0. The van der Waals surface area contributed by atoms with E-state index in [2.05, 4.69) is 15.3 Å². The number of carbonyl (C=O) groups is 1. The van der Waals surface area contributed by atoms with E-state index in [9.17, 15) is 4.79 Å². The molecule has 3 aromatic carbocycles. The van der Waals surface area contributed by atoms with Crippen LogP contribution in [0.2, 0.25) is 10.0 Å². The van der Waals surface area contributed by atoms with E-state index in [1.54, 1.807) is 18.2 Å². The predicted octanol–water partition coefficient (Wildman–Crippen LogP) is 6.41. The van der Waals surface area contributed by atoms with Gasteiger partial charge < -0.3 is 5.32 Å². The predicted molar refractivity (Wildman–Crippen MR) is 120 cm³/mol. The third-order valence-electron chi connectivity index (χ3n) is 4.21. The number of fused-ring (bicyclic) bond motifs is 1. The highest BCUT2D eigenvalue weighted by Gasteiger charge is 2.24. The lowest BCUT2D eigenvalue weighted by molar-refractivity contribution is -0.115. The minimum Gasteiger partial charge on any atom is -0.325 e. The fraction of sp³-hybridized carbons (Fsp3) is 0.0455. The molecule has 1 aromatic heterocycles. The Morgan fingerprint density at radius 3 is 2.34 bits per heavy atom. The number of benzene rings is 3. The Morgan fingerprint density at radius 1 is 0.897 bits per heavy atom. The van der Waals surface area contributed by atoms with Gasteiger partial charge in [-0.1, -0.05) is 83.5 Å². The van der Waals surface area contributed by atoms with E-state index >= 15 is 0 Å². The van der Waals surface area contributed by atoms with E-state index in [0.717, 1.165) is 21.5 Å². The first-order valence-electron chi connectivity index (χ1n) is 8.78. The zero-order valence-corrected chi connectivity index (χ0v) is 17.4. The molecule has 1 heterocycles. The molecule has 0 radical (unpaired) electrons. The summed E-state index contributed by atoms with van der Waals surface area (Å²) in [5.41, 5.74) is 2.24. The van der Waals surface area contributed by atoms with Gasteiger partial charge in [0.15, 0.2) is 0 Å². The number of carbonyl (C=O) groups excluding carboxylic acids is 1. The van der Waals surface area contributed by atoms with Gasteiger partial charge in [0.05, 0.1) is 5.52 Å². The van der Waals surface area contributed by atoms with Gasteiger partial charge in [0.2, 0.25) is 5.91 Å². The molecule has 0 saturated carbocycles. The van der Waals surface area contributed by atoms with Crippen molar-refractivity contribution in [2.75, 3.05) is 5.32 Å². The number of hydrogen-bond donors (Lipinski definition) is 1. The number of hydrogen-bond acceptors (Lipinski definition) is 4. The normalized spacial score (nSPS) is 11.9. The number of para-hydroxylation sites is 1. The Labute approximate surface area is 182 Å². The Bertz CT molecular complexity index is 1150. The maximum atomic E-state index is 13.2. The Balaban J connectivity index is 1.69. The SMILES string of the molecule is O=C(Nc1cc(Cl)cc(Cl)c1)C(Sc1ncnc2ccccc12)c1ccccc1. The Kier molecular flexibility index (Phi) is 6.00. The van der Waals surface area contributed by atoms with Crippen LogP contribution in [0.15, 0.2) is 84.1 Å². The fourth-order valence-corrected chi connectivity index (χ4v) is 4.54. The molecule has 4 rings (SSSR count). The number of rotatable bonds is 5. The van der Waals surface area contributed by atoms with Gasteiger partial charge in [0.25, 0.3) is 0 Å². The lowest BCUT2D eigenvalue weighted by atomic mass is 10.1. The molecular formula is C22H15Cl2N3OS. The van der Waals surface area contributed by atoms with Gasteiger partial charge in [-0.25, -0.2) is 9.97 Å². The summed E-state index contributed by atoms with van der Waals surface area (Å²) in [6, 6.07) is 22.3. The lowest BCUT2D eigenvalue weighted by Crippen LogP contribution is -2.19. The van der Waals surface area contributed by atoms with Crippen LogP contribution in [0.4, 0.5) is 5.69 Å². The van der Waals surface area contributed by atoms with E-state index in [1.165, 1.54) is 18.1 Å². The number of aromatic nitrogens is 2. The average molecular weight is 440 g/mol.